The van der Waals surface area contributed by atoms with E-state index in [2.05, 4.69) is 10.3 Å². The van der Waals surface area contributed by atoms with E-state index in [1.54, 1.807) is 36.4 Å². The lowest BCUT2D eigenvalue weighted by molar-refractivity contribution is 0.102. The van der Waals surface area contributed by atoms with Crippen molar-refractivity contribution >= 4 is 34.3 Å². The third-order valence-corrected chi connectivity index (χ3v) is 4.59. The van der Waals surface area contributed by atoms with Crippen molar-refractivity contribution in [3.05, 3.63) is 76.8 Å². The third kappa shape index (κ3) is 3.44. The normalized spacial score (nSPS) is 10.8. The van der Waals surface area contributed by atoms with E-state index in [4.69, 9.17) is 20.8 Å². The van der Waals surface area contributed by atoms with E-state index in [-0.39, 0.29) is 5.91 Å². The van der Waals surface area contributed by atoms with Crippen LogP contribution < -0.4 is 10.1 Å². The molecule has 140 valence electrons. The van der Waals surface area contributed by atoms with Crippen LogP contribution in [0.15, 0.2) is 65.1 Å². The molecule has 0 radical (unpaired) electrons. The molecule has 0 saturated carbocycles. The van der Waals surface area contributed by atoms with E-state index in [1.807, 2.05) is 31.2 Å². The van der Waals surface area contributed by atoms with Crippen LogP contribution in [0.3, 0.4) is 0 Å². The molecule has 0 bridgehead atoms. The summed E-state index contributed by atoms with van der Waals surface area (Å²) >= 11 is 6.05. The molecule has 5 nitrogen and oxygen atoms in total. The lowest BCUT2D eigenvalue weighted by Gasteiger charge is -2.12. The number of rotatable bonds is 4. The number of aromatic nitrogens is 1. The molecule has 1 amide bonds. The highest BCUT2D eigenvalue weighted by molar-refractivity contribution is 6.31. The number of ether oxygens (including phenoxy) is 1. The van der Waals surface area contributed by atoms with Gasteiger partial charge in [-0.2, -0.15) is 0 Å². The quantitative estimate of drug-likeness (QED) is 0.482. The number of carbonyl (C=O) groups excluding carboxylic acids is 1. The van der Waals surface area contributed by atoms with Crippen LogP contribution in [0.25, 0.3) is 22.6 Å². The third-order valence-electron chi connectivity index (χ3n) is 4.35. The number of aryl methyl sites for hydroxylation is 1. The Morgan fingerprint density at radius 1 is 1.11 bits per heavy atom. The summed E-state index contributed by atoms with van der Waals surface area (Å²) in [4.78, 5) is 17.4. The van der Waals surface area contributed by atoms with Crippen LogP contribution in [0.2, 0.25) is 5.02 Å². The number of carbonyl (C=O) groups is 1. The van der Waals surface area contributed by atoms with Crippen LogP contribution in [-0.4, -0.2) is 18.0 Å². The summed E-state index contributed by atoms with van der Waals surface area (Å²) in [5.41, 5.74) is 4.04. The largest absolute Gasteiger partial charge is 0.496 e. The van der Waals surface area contributed by atoms with Gasteiger partial charge in [-0.05, 0) is 49.4 Å². The van der Waals surface area contributed by atoms with Gasteiger partial charge in [-0.1, -0.05) is 35.4 Å². The van der Waals surface area contributed by atoms with Gasteiger partial charge in [-0.3, -0.25) is 4.79 Å². The van der Waals surface area contributed by atoms with E-state index >= 15 is 0 Å². The zero-order valence-electron chi connectivity index (χ0n) is 15.3. The molecule has 4 aromatic rings. The molecule has 6 heteroatoms. The highest BCUT2D eigenvalue weighted by Gasteiger charge is 2.17. The molecule has 0 aliphatic rings. The second-order valence-corrected chi connectivity index (χ2v) is 6.77. The maximum absolute atomic E-state index is 12.8. The Kier molecular flexibility index (Phi) is 4.75. The van der Waals surface area contributed by atoms with Gasteiger partial charge >= 0.3 is 0 Å². The molecule has 1 aromatic heterocycles. The number of nitrogens with zero attached hydrogens (tertiary/aromatic N) is 1. The second-order valence-electron chi connectivity index (χ2n) is 6.33. The van der Waals surface area contributed by atoms with Gasteiger partial charge < -0.3 is 14.5 Å². The molecule has 0 aliphatic heterocycles. The molecule has 0 spiro atoms. The summed E-state index contributed by atoms with van der Waals surface area (Å²) in [6, 6.07) is 18.0. The molecular formula is C22H17ClN2O3. The van der Waals surface area contributed by atoms with Gasteiger partial charge in [-0.25, -0.2) is 4.98 Å². The minimum Gasteiger partial charge on any atom is -0.496 e. The predicted molar refractivity (Wildman–Crippen MR) is 110 cm³/mol. The minimum absolute atomic E-state index is 0.276. The van der Waals surface area contributed by atoms with Crippen molar-refractivity contribution in [3.8, 4) is 17.2 Å². The van der Waals surface area contributed by atoms with Crippen molar-refractivity contribution in [2.45, 2.75) is 6.92 Å². The van der Waals surface area contributed by atoms with Gasteiger partial charge in [-0.15, -0.1) is 0 Å². The van der Waals surface area contributed by atoms with E-state index in [0.29, 0.717) is 44.6 Å². The molecule has 0 saturated heterocycles. The summed E-state index contributed by atoms with van der Waals surface area (Å²) in [7, 11) is 1.53. The van der Waals surface area contributed by atoms with Crippen LogP contribution >= 0.6 is 11.6 Å². The summed E-state index contributed by atoms with van der Waals surface area (Å²) < 4.78 is 11.2. The van der Waals surface area contributed by atoms with E-state index in [9.17, 15) is 4.79 Å². The van der Waals surface area contributed by atoms with Gasteiger partial charge in [0.25, 0.3) is 5.91 Å². The van der Waals surface area contributed by atoms with Crippen molar-refractivity contribution < 1.29 is 13.9 Å². The zero-order valence-corrected chi connectivity index (χ0v) is 16.1. The number of methoxy groups -OCH3 is 1. The molecule has 3 aromatic carbocycles. The Labute approximate surface area is 166 Å². The first-order valence-corrected chi connectivity index (χ1v) is 9.04. The van der Waals surface area contributed by atoms with Gasteiger partial charge in [0.15, 0.2) is 5.58 Å². The fraction of sp³-hybridized carbons (Fsp3) is 0.0909. The first kappa shape index (κ1) is 18.1. The van der Waals surface area contributed by atoms with Gasteiger partial charge in [0.05, 0.1) is 23.9 Å². The average molecular weight is 393 g/mol. The Bertz CT molecular complexity index is 1180. The minimum atomic E-state index is -0.276. The number of oxazole rings is 1. The smallest absolute Gasteiger partial charge is 0.259 e. The number of benzene rings is 3. The second kappa shape index (κ2) is 7.37. The first-order chi connectivity index (χ1) is 13.5. The molecule has 1 N–H and O–H groups in total. The van der Waals surface area contributed by atoms with Crippen molar-refractivity contribution in [1.29, 1.82) is 0 Å². The number of para-hydroxylation sites is 1. The summed E-state index contributed by atoms with van der Waals surface area (Å²) in [6.07, 6.45) is 0. The number of hydrogen-bond donors (Lipinski definition) is 1. The average Bonchev–Trinajstić information content (AvgIpc) is 3.12. The van der Waals surface area contributed by atoms with Crippen molar-refractivity contribution in [3.63, 3.8) is 0 Å². The molecule has 0 aliphatic carbocycles. The predicted octanol–water partition coefficient (Wildman–Crippen LogP) is 5.72. The lowest BCUT2D eigenvalue weighted by Crippen LogP contribution is -2.14. The van der Waals surface area contributed by atoms with Gasteiger partial charge in [0.2, 0.25) is 5.89 Å². The number of halogens is 1. The molecule has 0 fully saturated rings. The van der Waals surface area contributed by atoms with E-state index in [0.717, 1.165) is 5.56 Å². The van der Waals surface area contributed by atoms with Crippen LogP contribution in [-0.2, 0) is 0 Å². The van der Waals surface area contributed by atoms with Crippen molar-refractivity contribution in [1.82, 2.24) is 4.98 Å². The van der Waals surface area contributed by atoms with E-state index in [1.165, 1.54) is 7.11 Å². The molecule has 1 heterocycles. The van der Waals surface area contributed by atoms with Crippen molar-refractivity contribution in [2.75, 3.05) is 12.4 Å². The van der Waals surface area contributed by atoms with Gasteiger partial charge in [0.1, 0.15) is 11.3 Å². The SMILES string of the molecule is COc1ccccc1C(=O)Nc1ccc(C)cc1-c1nc2cc(Cl)ccc2o1. The Morgan fingerprint density at radius 2 is 1.93 bits per heavy atom. The fourth-order valence-corrected chi connectivity index (χ4v) is 3.15. The Morgan fingerprint density at radius 3 is 2.75 bits per heavy atom. The van der Waals surface area contributed by atoms with Crippen LogP contribution in [0.4, 0.5) is 5.69 Å². The Hall–Kier alpha value is -3.31. The standard InChI is InChI=1S/C22H17ClN2O3/c1-13-7-9-17(24-21(26)15-5-3-4-6-19(15)27-2)16(11-13)22-25-18-12-14(23)8-10-20(18)28-22/h3-12H,1-2H3,(H,24,26). The lowest BCUT2D eigenvalue weighted by atomic mass is 10.1. The Balaban J connectivity index is 1.75. The first-order valence-electron chi connectivity index (χ1n) is 8.66. The van der Waals surface area contributed by atoms with Crippen molar-refractivity contribution in [2.24, 2.45) is 0 Å². The zero-order chi connectivity index (χ0) is 19.7. The number of nitrogens with one attached hydrogen (secondary N) is 1. The number of amides is 1. The number of anilines is 1. The fourth-order valence-electron chi connectivity index (χ4n) is 2.98. The highest BCUT2D eigenvalue weighted by Crippen LogP contribution is 2.32. The molecular weight excluding hydrogens is 376 g/mol. The highest BCUT2D eigenvalue weighted by atomic mass is 35.5. The summed E-state index contributed by atoms with van der Waals surface area (Å²) in [6.45, 7) is 1.97. The van der Waals surface area contributed by atoms with Crippen LogP contribution in [0, 0.1) is 6.92 Å². The molecule has 0 atom stereocenters. The maximum Gasteiger partial charge on any atom is 0.259 e. The maximum atomic E-state index is 12.8. The van der Waals surface area contributed by atoms with E-state index < -0.39 is 0 Å². The summed E-state index contributed by atoms with van der Waals surface area (Å²) in [5, 5.41) is 3.52. The van der Waals surface area contributed by atoms with Gasteiger partial charge in [0, 0.05) is 5.02 Å². The van der Waals surface area contributed by atoms with Crippen LogP contribution in [0.5, 0.6) is 5.75 Å². The monoisotopic (exact) mass is 392 g/mol. The molecule has 4 rings (SSSR count). The van der Waals surface area contributed by atoms with Crippen LogP contribution in [0.1, 0.15) is 15.9 Å². The molecule has 0 unspecified atom stereocenters. The number of fused-ring (bicyclic) bond motifs is 1. The topological polar surface area (TPSA) is 64.4 Å². The number of hydrogen-bond acceptors (Lipinski definition) is 4. The molecule has 28 heavy (non-hydrogen) atoms. The summed E-state index contributed by atoms with van der Waals surface area (Å²) in [5.74, 6) is 0.642.